The minimum Gasteiger partial charge on any atom is -0.300 e. The predicted molar refractivity (Wildman–Crippen MR) is 69.4 cm³/mol. The summed E-state index contributed by atoms with van der Waals surface area (Å²) in [6, 6.07) is 8.43. The minimum atomic E-state index is 0.456. The highest BCUT2D eigenvalue weighted by atomic mass is 79.9. The topological polar surface area (TPSA) is 17.1 Å². The van der Waals surface area contributed by atoms with E-state index in [2.05, 4.69) is 34.1 Å². The lowest BCUT2D eigenvalue weighted by molar-refractivity contribution is -0.119. The molecule has 2 heteroatoms. The van der Waals surface area contributed by atoms with Crippen molar-refractivity contribution < 1.29 is 4.79 Å². The van der Waals surface area contributed by atoms with Gasteiger partial charge in [0.2, 0.25) is 0 Å². The van der Waals surface area contributed by atoms with Crippen LogP contribution in [0.3, 0.4) is 0 Å². The van der Waals surface area contributed by atoms with Crippen LogP contribution in [0.4, 0.5) is 0 Å². The Labute approximate surface area is 105 Å². The maximum absolute atomic E-state index is 11.5. The number of carbonyl (C=O) groups excluding carboxylic acids is 1. The molecule has 2 rings (SSSR count). The molecule has 1 aliphatic rings. The Balaban J connectivity index is 2.00. The van der Waals surface area contributed by atoms with Crippen molar-refractivity contribution in [2.24, 2.45) is 5.92 Å². The summed E-state index contributed by atoms with van der Waals surface area (Å²) in [6.45, 7) is 0. The van der Waals surface area contributed by atoms with Gasteiger partial charge >= 0.3 is 0 Å². The lowest BCUT2D eigenvalue weighted by Gasteiger charge is -2.13. The first-order valence-electron chi connectivity index (χ1n) is 6.00. The lowest BCUT2D eigenvalue weighted by Crippen LogP contribution is -2.08. The smallest absolute Gasteiger partial charge is 0.133 e. The van der Waals surface area contributed by atoms with Gasteiger partial charge in [-0.3, -0.25) is 4.79 Å². The molecular formula is C14H17BrO. The molecule has 0 aliphatic heterocycles. The van der Waals surface area contributed by atoms with Gasteiger partial charge in [0.05, 0.1) is 0 Å². The van der Waals surface area contributed by atoms with Crippen molar-refractivity contribution in [3.05, 3.63) is 34.3 Å². The maximum atomic E-state index is 11.5. The van der Waals surface area contributed by atoms with E-state index in [-0.39, 0.29) is 0 Å². The van der Waals surface area contributed by atoms with Crippen LogP contribution in [0.5, 0.6) is 0 Å². The highest BCUT2D eigenvalue weighted by molar-refractivity contribution is 9.10. The maximum Gasteiger partial charge on any atom is 0.133 e. The Morgan fingerprint density at radius 1 is 1.31 bits per heavy atom. The van der Waals surface area contributed by atoms with Crippen molar-refractivity contribution in [1.82, 2.24) is 0 Å². The van der Waals surface area contributed by atoms with Crippen molar-refractivity contribution in [2.75, 3.05) is 0 Å². The molecule has 1 aromatic carbocycles. The Morgan fingerprint density at radius 3 is 3.00 bits per heavy atom. The van der Waals surface area contributed by atoms with Gasteiger partial charge < -0.3 is 0 Å². The molecule has 0 heterocycles. The Bertz CT molecular complexity index is 373. The quantitative estimate of drug-likeness (QED) is 0.744. The number of hydrogen-bond acceptors (Lipinski definition) is 1. The van der Waals surface area contributed by atoms with Gasteiger partial charge in [-0.25, -0.2) is 0 Å². The first kappa shape index (κ1) is 11.8. The molecule has 1 atom stereocenters. The van der Waals surface area contributed by atoms with Crippen molar-refractivity contribution >= 4 is 21.7 Å². The van der Waals surface area contributed by atoms with E-state index in [9.17, 15) is 4.79 Å². The molecule has 1 fully saturated rings. The molecule has 0 radical (unpaired) electrons. The van der Waals surface area contributed by atoms with Gasteiger partial charge in [0, 0.05) is 17.3 Å². The van der Waals surface area contributed by atoms with Crippen LogP contribution in [0.1, 0.15) is 37.7 Å². The van der Waals surface area contributed by atoms with Crippen LogP contribution in [-0.2, 0) is 11.2 Å². The van der Waals surface area contributed by atoms with E-state index in [0.29, 0.717) is 11.7 Å². The molecule has 0 N–H and O–H groups in total. The number of ketones is 1. The third-order valence-electron chi connectivity index (χ3n) is 3.25. The zero-order chi connectivity index (χ0) is 11.4. The molecule has 0 amide bonds. The predicted octanol–water partition coefficient (Wildman–Crippen LogP) is 4.14. The lowest BCUT2D eigenvalue weighted by atomic mass is 9.92. The first-order chi connectivity index (χ1) is 7.74. The van der Waals surface area contributed by atoms with Gasteiger partial charge in [0.25, 0.3) is 0 Å². The molecule has 1 saturated carbocycles. The van der Waals surface area contributed by atoms with Crippen LogP contribution in [0.15, 0.2) is 28.7 Å². The van der Waals surface area contributed by atoms with E-state index in [4.69, 9.17) is 0 Å². The summed E-state index contributed by atoms with van der Waals surface area (Å²) in [4.78, 5) is 11.5. The van der Waals surface area contributed by atoms with Gasteiger partial charge in [0.15, 0.2) is 0 Å². The Kier molecular flexibility index (Phi) is 4.16. The summed E-state index contributed by atoms with van der Waals surface area (Å²) in [5.41, 5.74) is 1.34. The molecule has 0 bridgehead atoms. The van der Waals surface area contributed by atoms with Crippen molar-refractivity contribution in [2.45, 2.75) is 38.5 Å². The van der Waals surface area contributed by atoms with Crippen molar-refractivity contribution in [3.8, 4) is 0 Å². The van der Waals surface area contributed by atoms with Gasteiger partial charge in [-0.05, 0) is 42.9 Å². The highest BCUT2D eigenvalue weighted by Crippen LogP contribution is 2.25. The summed E-state index contributed by atoms with van der Waals surface area (Å²) < 4.78 is 1.13. The second-order valence-electron chi connectivity index (χ2n) is 4.69. The summed E-state index contributed by atoms with van der Waals surface area (Å²) in [5.74, 6) is 1.02. The van der Waals surface area contributed by atoms with E-state index in [0.717, 1.165) is 30.2 Å². The summed E-state index contributed by atoms with van der Waals surface area (Å²) >= 11 is 3.49. The summed E-state index contributed by atoms with van der Waals surface area (Å²) in [7, 11) is 0. The fourth-order valence-electron chi connectivity index (χ4n) is 2.45. The molecular weight excluding hydrogens is 264 g/mol. The molecule has 1 unspecified atom stereocenters. The van der Waals surface area contributed by atoms with E-state index >= 15 is 0 Å². The second kappa shape index (κ2) is 5.62. The van der Waals surface area contributed by atoms with Crippen molar-refractivity contribution in [3.63, 3.8) is 0 Å². The van der Waals surface area contributed by atoms with Gasteiger partial charge in [0.1, 0.15) is 5.78 Å². The van der Waals surface area contributed by atoms with E-state index in [1.165, 1.54) is 18.4 Å². The zero-order valence-electron chi connectivity index (χ0n) is 9.42. The number of benzene rings is 1. The standard InChI is InChI=1S/C14H17BrO/c15-13-6-3-5-11(9-13)8-12-4-1-2-7-14(16)10-12/h3,5-6,9,12H,1-2,4,7-8,10H2. The average Bonchev–Trinajstić information content (AvgIpc) is 2.43. The average molecular weight is 281 g/mol. The van der Waals surface area contributed by atoms with Crippen LogP contribution in [0, 0.1) is 5.92 Å². The highest BCUT2D eigenvalue weighted by Gasteiger charge is 2.17. The normalized spacial score (nSPS) is 21.8. The molecule has 1 nitrogen and oxygen atoms in total. The van der Waals surface area contributed by atoms with E-state index in [1.807, 2.05) is 6.07 Å². The number of Topliss-reactive ketones (excluding diaryl/α,β-unsaturated/α-hetero) is 1. The number of carbonyl (C=O) groups is 1. The number of halogens is 1. The molecule has 86 valence electrons. The SMILES string of the molecule is O=C1CCCCC(Cc2cccc(Br)c2)C1. The monoisotopic (exact) mass is 280 g/mol. The van der Waals surface area contributed by atoms with E-state index in [1.54, 1.807) is 0 Å². The molecule has 1 aliphatic carbocycles. The largest absolute Gasteiger partial charge is 0.300 e. The van der Waals surface area contributed by atoms with Crippen LogP contribution in [-0.4, -0.2) is 5.78 Å². The first-order valence-corrected chi connectivity index (χ1v) is 6.79. The summed E-state index contributed by atoms with van der Waals surface area (Å²) in [6.07, 6.45) is 6.14. The van der Waals surface area contributed by atoms with Crippen LogP contribution in [0.25, 0.3) is 0 Å². The van der Waals surface area contributed by atoms with Gasteiger partial charge in [-0.2, -0.15) is 0 Å². The molecule has 0 spiro atoms. The Hall–Kier alpha value is -0.630. The van der Waals surface area contributed by atoms with Crippen LogP contribution in [0.2, 0.25) is 0 Å². The number of rotatable bonds is 2. The molecule has 16 heavy (non-hydrogen) atoms. The van der Waals surface area contributed by atoms with Crippen LogP contribution >= 0.6 is 15.9 Å². The fourth-order valence-corrected chi connectivity index (χ4v) is 2.90. The third-order valence-corrected chi connectivity index (χ3v) is 3.74. The van der Waals surface area contributed by atoms with Gasteiger partial charge in [-0.15, -0.1) is 0 Å². The zero-order valence-corrected chi connectivity index (χ0v) is 11.0. The summed E-state index contributed by atoms with van der Waals surface area (Å²) in [5, 5.41) is 0. The second-order valence-corrected chi connectivity index (χ2v) is 5.60. The fraction of sp³-hybridized carbons (Fsp3) is 0.500. The molecule has 0 aromatic heterocycles. The minimum absolute atomic E-state index is 0.456. The van der Waals surface area contributed by atoms with Gasteiger partial charge in [-0.1, -0.05) is 34.5 Å². The van der Waals surface area contributed by atoms with Crippen molar-refractivity contribution in [1.29, 1.82) is 0 Å². The third kappa shape index (κ3) is 3.44. The van der Waals surface area contributed by atoms with Crippen LogP contribution < -0.4 is 0 Å². The molecule has 1 aromatic rings. The number of hydrogen-bond donors (Lipinski definition) is 0. The molecule has 0 saturated heterocycles. The Morgan fingerprint density at radius 2 is 2.19 bits per heavy atom. The van der Waals surface area contributed by atoms with E-state index < -0.39 is 0 Å².